The Bertz CT molecular complexity index is 1700. The zero-order chi connectivity index (χ0) is 35.0. The summed E-state index contributed by atoms with van der Waals surface area (Å²) in [5.41, 5.74) is 17.4. The fourth-order valence-corrected chi connectivity index (χ4v) is 8.39. The van der Waals surface area contributed by atoms with Crippen LogP contribution in [-0.4, -0.2) is 17.7 Å². The topological polar surface area (TPSA) is 20.6 Å². The molecule has 4 aromatic rings. The van der Waals surface area contributed by atoms with Crippen LogP contribution in [0.4, 0.5) is 17.1 Å². The number of benzene rings is 3. The summed E-state index contributed by atoms with van der Waals surface area (Å²) in [4.78, 5) is 4.56. The maximum Gasteiger partial charge on any atom is 0 e. The van der Waals surface area contributed by atoms with E-state index in [1.807, 2.05) is 59.4 Å². The van der Waals surface area contributed by atoms with Gasteiger partial charge in [0, 0.05) is 41.5 Å². The molecule has 1 aliphatic heterocycles. The van der Waals surface area contributed by atoms with Crippen molar-refractivity contribution in [3.05, 3.63) is 164 Å². The van der Waals surface area contributed by atoms with Crippen molar-refractivity contribution in [3.8, 4) is 0 Å². The smallest absolute Gasteiger partial charge is 0 e. The van der Waals surface area contributed by atoms with Crippen molar-refractivity contribution in [2.45, 2.75) is 62.3 Å². The Hall–Kier alpha value is -2.78. The molecule has 1 saturated heterocycles. The average molecular weight is 822 g/mol. The maximum absolute atomic E-state index is 5.93. The molecule has 0 unspecified atom stereocenters. The largest absolute Gasteiger partial charge is 0.214 e. The molecule has 1 fully saturated rings. The molecule has 6 rings (SSSR count). The van der Waals surface area contributed by atoms with E-state index >= 15 is 0 Å². The van der Waals surface area contributed by atoms with Crippen LogP contribution < -0.4 is 9.80 Å². The van der Waals surface area contributed by atoms with Gasteiger partial charge in [0.15, 0.2) is 0 Å². The number of rotatable bonds is 5. The molecule has 0 bridgehead atoms. The summed E-state index contributed by atoms with van der Waals surface area (Å²) in [5, 5.41) is 4.64. The summed E-state index contributed by atoms with van der Waals surface area (Å²) < 4.78 is 1.95. The third-order valence-corrected chi connectivity index (χ3v) is 10.0. The number of anilines is 2. The van der Waals surface area contributed by atoms with Crippen molar-refractivity contribution in [1.82, 2.24) is 0 Å². The summed E-state index contributed by atoms with van der Waals surface area (Å²) in [7, 11) is 11.9. The molecule has 262 valence electrons. The van der Waals surface area contributed by atoms with E-state index < -0.39 is 13.5 Å². The quantitative estimate of drug-likeness (QED) is 0.148. The van der Waals surface area contributed by atoms with Gasteiger partial charge >= 0.3 is 134 Å². The van der Waals surface area contributed by atoms with Gasteiger partial charge in [0.2, 0.25) is 6.67 Å². The van der Waals surface area contributed by atoms with Crippen LogP contribution in [0.2, 0.25) is 0 Å². The number of hydrogen-bond donors (Lipinski definition) is 0. The van der Waals surface area contributed by atoms with Crippen LogP contribution in [0.3, 0.4) is 0 Å². The van der Waals surface area contributed by atoms with Crippen LogP contribution in [0.25, 0.3) is 5.32 Å². The molecule has 0 amide bonds. The van der Waals surface area contributed by atoms with Gasteiger partial charge < -0.3 is 9.80 Å². The molecule has 0 atom stereocenters. The Morgan fingerprint density at radius 1 is 0.694 bits per heavy atom. The number of aryl methyl sites for hydroxylation is 9. The monoisotopic (exact) mass is 821 g/mol. The van der Waals surface area contributed by atoms with Gasteiger partial charge in [-0.3, -0.25) is 0 Å². The minimum atomic E-state index is -1.80. The molecule has 0 N–H and O–H groups in total. The van der Waals surface area contributed by atoms with Crippen molar-refractivity contribution in [2.75, 3.05) is 22.9 Å². The van der Waals surface area contributed by atoms with E-state index in [9.17, 15) is 0 Å². The third kappa shape index (κ3) is 11.4. The van der Waals surface area contributed by atoms with Crippen molar-refractivity contribution >= 4 is 41.1 Å². The molecule has 0 spiro atoms. The second kappa shape index (κ2) is 19.0. The van der Waals surface area contributed by atoms with Crippen molar-refractivity contribution < 1.29 is 30.6 Å². The van der Waals surface area contributed by atoms with E-state index in [4.69, 9.17) is 19.4 Å². The van der Waals surface area contributed by atoms with Gasteiger partial charge in [-0.05, 0) is 63.8 Å². The molecule has 1 heterocycles. The zero-order valence-electron chi connectivity index (χ0n) is 30.0. The Morgan fingerprint density at radius 2 is 1.12 bits per heavy atom. The van der Waals surface area contributed by atoms with Crippen molar-refractivity contribution in [1.29, 1.82) is 0 Å². The van der Waals surface area contributed by atoms with Crippen LogP contribution in [-0.2, 0) is 30.6 Å². The minimum absolute atomic E-state index is 0. The SMILES string of the molecule is Cc1cc(C)c(N2[C]N(c3c(C)cc(C)cc3C)CC2)c(C)c1.Cc1cc(C)c([N-]/C=C2/C=CC=C2[CH]=[Ru]([Cl])[Cl])c(C)c1.[Fe].c1cc[cH-]c1. The Labute approximate surface area is 319 Å². The van der Waals surface area contributed by atoms with E-state index in [1.54, 1.807) is 0 Å². The van der Waals surface area contributed by atoms with Gasteiger partial charge in [0.1, 0.15) is 0 Å². The molecule has 49 heavy (non-hydrogen) atoms. The molecule has 4 aromatic carbocycles. The van der Waals surface area contributed by atoms with Crippen LogP contribution in [0.1, 0.15) is 50.1 Å². The normalized spacial score (nSPS) is 14.4. The van der Waals surface area contributed by atoms with Crippen LogP contribution >= 0.6 is 19.4 Å². The predicted octanol–water partition coefficient (Wildman–Crippen LogP) is 12.0. The summed E-state index contributed by atoms with van der Waals surface area (Å²) in [6, 6.07) is 23.3. The molecule has 2 aliphatic rings. The fraction of sp³-hybridized carbons (Fsp3) is 0.262. The summed E-state index contributed by atoms with van der Waals surface area (Å²) in [5.74, 6) is 0. The molecular weight excluding hydrogens is 774 g/mol. The first-order chi connectivity index (χ1) is 22.8. The van der Waals surface area contributed by atoms with Crippen LogP contribution in [0.15, 0.2) is 102 Å². The summed E-state index contributed by atoms with van der Waals surface area (Å²) in [6.07, 6.45) is 7.93. The van der Waals surface area contributed by atoms with Gasteiger partial charge in [0.05, 0.1) is 0 Å². The second-order valence-corrected chi connectivity index (χ2v) is 18.3. The molecule has 7 heteroatoms. The van der Waals surface area contributed by atoms with E-state index in [0.717, 1.165) is 29.9 Å². The zero-order valence-corrected chi connectivity index (χ0v) is 34.3. The molecule has 0 saturated carbocycles. The molecule has 2 radical (unpaired) electrons. The fourth-order valence-electron chi connectivity index (χ4n) is 6.54. The van der Waals surface area contributed by atoms with Crippen molar-refractivity contribution in [3.63, 3.8) is 0 Å². The molecule has 3 nitrogen and oxygen atoms in total. The first-order valence-electron chi connectivity index (χ1n) is 16.2. The Balaban J connectivity index is 0.000000229. The van der Waals surface area contributed by atoms with E-state index in [0.29, 0.717) is 0 Å². The maximum atomic E-state index is 5.93. The second-order valence-electron chi connectivity index (χ2n) is 12.6. The van der Waals surface area contributed by atoms with E-state index in [2.05, 4.69) is 120 Å². The predicted molar refractivity (Wildman–Crippen MR) is 208 cm³/mol. The Morgan fingerprint density at radius 3 is 1.51 bits per heavy atom. The molecule has 0 aromatic heterocycles. The van der Waals surface area contributed by atoms with Gasteiger partial charge in [-0.15, -0.1) is 0 Å². The van der Waals surface area contributed by atoms with Gasteiger partial charge in [-0.1, -0.05) is 35.4 Å². The number of hydrogen-bond acceptors (Lipinski definition) is 2. The summed E-state index contributed by atoms with van der Waals surface area (Å²) >= 11 is -1.80. The molecule has 1 aliphatic carbocycles. The van der Waals surface area contributed by atoms with E-state index in [1.165, 1.54) is 61.4 Å². The number of nitrogens with zero attached hydrogens (tertiary/aromatic N) is 3. The number of allylic oxidation sites excluding steroid dienone is 5. The van der Waals surface area contributed by atoms with Gasteiger partial charge in [-0.25, -0.2) is 12.1 Å². The van der Waals surface area contributed by atoms with Gasteiger partial charge in [0.25, 0.3) is 0 Å². The molecular formula is C42H47Cl2FeN3Ru-2. The van der Waals surface area contributed by atoms with Crippen LogP contribution in [0.5, 0.6) is 0 Å². The first-order valence-corrected chi connectivity index (χ1v) is 21.7. The van der Waals surface area contributed by atoms with E-state index in [-0.39, 0.29) is 17.1 Å². The van der Waals surface area contributed by atoms with Crippen LogP contribution in [0, 0.1) is 69.0 Å². The standard InChI is InChI=1S/C21H26N2.C16H16N.C5H5.2ClH.Fe.Ru/c1-14-9-16(3)20(17(4)10-14)22-7-8-23(13-22)21-18(5)11-15(2)12-19(21)6;1-11-8-13(3)16(14(4)9-11)17-10-15-7-5-6-12(15)2;1-2-4-5-3-1;;;;/h9-12H,7-8H2,1-6H3;2,5-10H,1,3-4H3;1-5H;2*1H;;/q;2*-1;;;;+2/p-2/b;15-10-;;;;;. The average Bonchev–Trinajstić information content (AvgIpc) is 3.77. The number of halogens is 2. The van der Waals surface area contributed by atoms with Gasteiger partial charge in [-0.2, -0.15) is 18.2 Å². The first kappa shape index (κ1) is 40.7. The third-order valence-electron chi connectivity index (χ3n) is 8.19. The van der Waals surface area contributed by atoms with Crippen molar-refractivity contribution in [2.24, 2.45) is 0 Å². The summed E-state index contributed by atoms with van der Waals surface area (Å²) in [6.45, 7) is 24.9. The Kier molecular flexibility index (Phi) is 15.8. The minimum Gasteiger partial charge on any atom is -0.214 e.